The minimum absolute atomic E-state index is 0.257. The number of guanidine groups is 1. The van der Waals surface area contributed by atoms with E-state index in [0.717, 1.165) is 36.8 Å². The quantitative estimate of drug-likeness (QED) is 0.257. The molecule has 0 fully saturated rings. The van der Waals surface area contributed by atoms with Crippen molar-refractivity contribution in [2.24, 2.45) is 10.2 Å². The van der Waals surface area contributed by atoms with E-state index in [0.29, 0.717) is 23.1 Å². The highest BCUT2D eigenvalue weighted by atomic mass is 35.5. The second-order valence-corrected chi connectivity index (χ2v) is 7.74. The second-order valence-electron chi connectivity index (χ2n) is 6.87. The Balaban J connectivity index is 2.19. The molecule has 0 aliphatic heterocycles. The smallest absolute Gasteiger partial charge is 0.235 e. The van der Waals surface area contributed by atoms with Crippen molar-refractivity contribution in [2.45, 2.75) is 39.5 Å². The summed E-state index contributed by atoms with van der Waals surface area (Å²) in [5.41, 5.74) is 1.86. The fourth-order valence-electron chi connectivity index (χ4n) is 2.56. The SMILES string of the molecule is CCCCN(N=Cc1ccc(Cl)cc1)C(=N)N(CCCC)N=Cc1ccc(Cl)cc1. The summed E-state index contributed by atoms with van der Waals surface area (Å²) in [7, 11) is 0. The van der Waals surface area contributed by atoms with E-state index in [1.165, 1.54) is 0 Å². The topological polar surface area (TPSA) is 55.1 Å². The molecule has 0 aliphatic rings. The average Bonchev–Trinajstić information content (AvgIpc) is 2.76. The molecule has 1 N–H and O–H groups in total. The number of benzene rings is 2. The van der Waals surface area contributed by atoms with Gasteiger partial charge in [-0.2, -0.15) is 10.2 Å². The van der Waals surface area contributed by atoms with E-state index in [1.54, 1.807) is 22.4 Å². The molecule has 0 amide bonds. The first-order valence-electron chi connectivity index (χ1n) is 10.3. The van der Waals surface area contributed by atoms with E-state index in [2.05, 4.69) is 24.1 Å². The maximum Gasteiger partial charge on any atom is 0.235 e. The van der Waals surface area contributed by atoms with Gasteiger partial charge in [-0.15, -0.1) is 0 Å². The first kappa shape index (κ1) is 23.9. The molecule has 5 nitrogen and oxygen atoms in total. The van der Waals surface area contributed by atoms with E-state index in [9.17, 15) is 0 Å². The molecule has 0 saturated carbocycles. The number of hydrogen-bond donors (Lipinski definition) is 1. The summed E-state index contributed by atoms with van der Waals surface area (Å²) < 4.78 is 0. The molecule has 0 saturated heterocycles. The molecule has 0 aliphatic carbocycles. The van der Waals surface area contributed by atoms with E-state index >= 15 is 0 Å². The van der Waals surface area contributed by atoms with Crippen LogP contribution in [0.3, 0.4) is 0 Å². The van der Waals surface area contributed by atoms with Gasteiger partial charge in [-0.1, -0.05) is 74.2 Å². The predicted octanol–water partition coefficient (Wildman–Crippen LogP) is 6.50. The normalized spacial score (nSPS) is 11.3. The summed E-state index contributed by atoms with van der Waals surface area (Å²) in [5, 5.41) is 22.6. The lowest BCUT2D eigenvalue weighted by Gasteiger charge is -2.26. The maximum atomic E-state index is 8.74. The van der Waals surface area contributed by atoms with Crippen molar-refractivity contribution in [1.82, 2.24) is 10.0 Å². The minimum Gasteiger partial charge on any atom is -0.266 e. The van der Waals surface area contributed by atoms with E-state index in [1.807, 2.05) is 48.5 Å². The Morgan fingerprint density at radius 2 is 1.13 bits per heavy atom. The summed E-state index contributed by atoms with van der Waals surface area (Å²) in [6.07, 6.45) is 7.40. The fourth-order valence-corrected chi connectivity index (χ4v) is 2.81. The van der Waals surface area contributed by atoms with Crippen LogP contribution in [0.2, 0.25) is 10.0 Å². The van der Waals surface area contributed by atoms with Crippen molar-refractivity contribution >= 4 is 41.6 Å². The van der Waals surface area contributed by atoms with Crippen LogP contribution < -0.4 is 0 Å². The number of nitrogens with one attached hydrogen (secondary N) is 1. The molecular formula is C23H29Cl2N5. The Kier molecular flexibility index (Phi) is 10.4. The largest absolute Gasteiger partial charge is 0.266 e. The molecule has 2 aromatic carbocycles. The number of rotatable bonds is 10. The number of nitrogens with zero attached hydrogens (tertiary/aromatic N) is 4. The van der Waals surface area contributed by atoms with Gasteiger partial charge in [0.15, 0.2) is 0 Å². The van der Waals surface area contributed by atoms with Crippen LogP contribution in [0.15, 0.2) is 58.7 Å². The molecule has 30 heavy (non-hydrogen) atoms. The Labute approximate surface area is 189 Å². The first-order valence-corrected chi connectivity index (χ1v) is 11.0. The van der Waals surface area contributed by atoms with Crippen LogP contribution in [0.5, 0.6) is 0 Å². The summed E-state index contributed by atoms with van der Waals surface area (Å²) >= 11 is 11.9. The first-order chi connectivity index (χ1) is 14.5. The van der Waals surface area contributed by atoms with Crippen LogP contribution in [0.1, 0.15) is 50.7 Å². The highest BCUT2D eigenvalue weighted by Crippen LogP contribution is 2.11. The summed E-state index contributed by atoms with van der Waals surface area (Å²) in [4.78, 5) is 0. The molecule has 0 heterocycles. The van der Waals surface area contributed by atoms with Crippen molar-refractivity contribution in [1.29, 1.82) is 5.41 Å². The highest BCUT2D eigenvalue weighted by molar-refractivity contribution is 6.30. The standard InChI is InChI=1S/C23H29Cl2N5/c1-3-5-15-29(27-17-19-7-11-21(24)12-8-19)23(26)30(16-6-4-2)28-18-20-9-13-22(25)14-10-20/h7-14,17-18,26H,3-6,15-16H2,1-2H3. The van der Waals surface area contributed by atoms with Crippen molar-refractivity contribution in [3.05, 3.63) is 69.7 Å². The lowest BCUT2D eigenvalue weighted by Crippen LogP contribution is -2.39. The van der Waals surface area contributed by atoms with Crippen molar-refractivity contribution in [2.75, 3.05) is 13.1 Å². The maximum absolute atomic E-state index is 8.74. The summed E-state index contributed by atoms with van der Waals surface area (Å²) in [6, 6.07) is 14.9. The molecular weight excluding hydrogens is 417 g/mol. The van der Waals surface area contributed by atoms with Crippen LogP contribution >= 0.6 is 23.2 Å². The van der Waals surface area contributed by atoms with Crippen molar-refractivity contribution in [3.8, 4) is 0 Å². The van der Waals surface area contributed by atoms with Gasteiger partial charge in [-0.05, 0) is 48.2 Å². The zero-order valence-corrected chi connectivity index (χ0v) is 19.1. The van der Waals surface area contributed by atoms with Crippen LogP contribution in [0.4, 0.5) is 0 Å². The monoisotopic (exact) mass is 445 g/mol. The van der Waals surface area contributed by atoms with Gasteiger partial charge in [0.1, 0.15) is 0 Å². The van der Waals surface area contributed by atoms with Gasteiger partial charge in [0, 0.05) is 23.1 Å². The second kappa shape index (κ2) is 13.0. The molecule has 160 valence electrons. The van der Waals surface area contributed by atoms with E-state index < -0.39 is 0 Å². The van der Waals surface area contributed by atoms with Crippen LogP contribution in [0, 0.1) is 5.41 Å². The Morgan fingerprint density at radius 1 is 0.767 bits per heavy atom. The number of halogens is 2. The molecule has 2 rings (SSSR count). The van der Waals surface area contributed by atoms with Gasteiger partial charge in [0.05, 0.1) is 12.4 Å². The molecule has 7 heteroatoms. The number of hydrazone groups is 2. The lowest BCUT2D eigenvalue weighted by atomic mass is 10.2. The molecule has 0 aromatic heterocycles. The van der Waals surface area contributed by atoms with Crippen LogP contribution in [0.25, 0.3) is 0 Å². The Bertz CT molecular complexity index is 762. The van der Waals surface area contributed by atoms with Gasteiger partial charge in [-0.25, -0.2) is 10.0 Å². The lowest BCUT2D eigenvalue weighted by molar-refractivity contribution is 0.323. The third-order valence-corrected chi connectivity index (χ3v) is 4.87. The Hall–Kier alpha value is -2.37. The third-order valence-electron chi connectivity index (χ3n) is 4.37. The van der Waals surface area contributed by atoms with E-state index in [4.69, 9.17) is 28.6 Å². The molecule has 2 aromatic rings. The van der Waals surface area contributed by atoms with Gasteiger partial charge in [0.2, 0.25) is 5.96 Å². The zero-order valence-electron chi connectivity index (χ0n) is 17.6. The molecule has 0 radical (unpaired) electrons. The molecule has 0 atom stereocenters. The van der Waals surface area contributed by atoms with Crippen LogP contribution in [-0.4, -0.2) is 41.5 Å². The predicted molar refractivity (Wildman–Crippen MR) is 129 cm³/mol. The zero-order chi connectivity index (χ0) is 21.8. The van der Waals surface area contributed by atoms with Gasteiger partial charge >= 0.3 is 0 Å². The van der Waals surface area contributed by atoms with Gasteiger partial charge in [-0.3, -0.25) is 5.41 Å². The fraction of sp³-hybridized carbons (Fsp3) is 0.348. The molecule has 0 bridgehead atoms. The molecule has 0 spiro atoms. The van der Waals surface area contributed by atoms with Gasteiger partial charge in [0.25, 0.3) is 0 Å². The van der Waals surface area contributed by atoms with Gasteiger partial charge < -0.3 is 0 Å². The number of unbranched alkanes of at least 4 members (excludes halogenated alkanes) is 2. The molecule has 0 unspecified atom stereocenters. The third kappa shape index (κ3) is 8.17. The van der Waals surface area contributed by atoms with E-state index in [-0.39, 0.29) is 5.96 Å². The number of hydrogen-bond acceptors (Lipinski definition) is 3. The highest BCUT2D eigenvalue weighted by Gasteiger charge is 2.15. The van der Waals surface area contributed by atoms with Crippen molar-refractivity contribution < 1.29 is 0 Å². The average molecular weight is 446 g/mol. The minimum atomic E-state index is 0.257. The van der Waals surface area contributed by atoms with Crippen LogP contribution in [-0.2, 0) is 0 Å². The Morgan fingerprint density at radius 3 is 1.47 bits per heavy atom. The summed E-state index contributed by atoms with van der Waals surface area (Å²) in [5.74, 6) is 0.257. The summed E-state index contributed by atoms with van der Waals surface area (Å²) in [6.45, 7) is 5.55. The van der Waals surface area contributed by atoms with Crippen molar-refractivity contribution in [3.63, 3.8) is 0 Å².